The van der Waals surface area contributed by atoms with Gasteiger partial charge in [0, 0.05) is 6.42 Å². The number of unbranched alkanes of at least 4 members (excludes halogenated alkanes) is 5. The molecule has 0 saturated heterocycles. The van der Waals surface area contributed by atoms with Crippen LogP contribution in [0.3, 0.4) is 0 Å². The smallest absolute Gasteiger partial charge is 0.303 e. The van der Waals surface area contributed by atoms with E-state index >= 15 is 0 Å². The Morgan fingerprint density at radius 1 is 0.864 bits per heavy atom. The number of carbonyl (C=O) groups is 1. The van der Waals surface area contributed by atoms with Crippen LogP contribution in [0, 0.1) is 0 Å². The van der Waals surface area contributed by atoms with Gasteiger partial charge in [-0.25, -0.2) is 0 Å². The number of aliphatic hydroxyl groups excluding tert-OH is 2. The first-order valence-electron chi connectivity index (χ1n) is 8.49. The van der Waals surface area contributed by atoms with Gasteiger partial charge < -0.3 is 15.3 Å². The average Bonchev–Trinajstić information content (AvgIpc) is 2.47. The van der Waals surface area contributed by atoms with Gasteiger partial charge in [0.25, 0.3) is 0 Å². The molecule has 4 heteroatoms. The van der Waals surface area contributed by atoms with Crippen molar-refractivity contribution in [2.45, 2.75) is 83.3 Å². The summed E-state index contributed by atoms with van der Waals surface area (Å²) in [6.45, 7) is 2.14. The van der Waals surface area contributed by atoms with Crippen LogP contribution in [0.4, 0.5) is 0 Å². The molecule has 0 amide bonds. The molecule has 0 bridgehead atoms. The molecule has 128 valence electrons. The third kappa shape index (κ3) is 15.3. The first kappa shape index (κ1) is 20.9. The van der Waals surface area contributed by atoms with Crippen LogP contribution < -0.4 is 0 Å². The average molecular weight is 312 g/mol. The highest BCUT2D eigenvalue weighted by molar-refractivity contribution is 5.66. The Labute approximate surface area is 134 Å². The largest absolute Gasteiger partial charge is 0.481 e. The number of rotatable bonds is 14. The van der Waals surface area contributed by atoms with Crippen LogP contribution >= 0.6 is 0 Å². The maximum atomic E-state index is 10.3. The second-order valence-electron chi connectivity index (χ2n) is 5.75. The lowest BCUT2D eigenvalue weighted by Gasteiger charge is -2.05. The van der Waals surface area contributed by atoms with Gasteiger partial charge in [0.2, 0.25) is 0 Å². The summed E-state index contributed by atoms with van der Waals surface area (Å²) in [6.07, 6.45) is 14.7. The molecule has 0 spiro atoms. The molecule has 0 fully saturated rings. The quantitative estimate of drug-likeness (QED) is 0.336. The monoisotopic (exact) mass is 312 g/mol. The molecule has 2 unspecified atom stereocenters. The number of hydrogen-bond donors (Lipinski definition) is 3. The third-order valence-corrected chi connectivity index (χ3v) is 3.52. The lowest BCUT2D eigenvalue weighted by molar-refractivity contribution is -0.137. The molecular formula is C18H32O4. The highest BCUT2D eigenvalue weighted by Gasteiger charge is 2.00. The highest BCUT2D eigenvalue weighted by atomic mass is 16.4. The highest BCUT2D eigenvalue weighted by Crippen LogP contribution is 2.08. The zero-order valence-electron chi connectivity index (χ0n) is 13.8. The second-order valence-corrected chi connectivity index (χ2v) is 5.75. The van der Waals surface area contributed by atoms with Gasteiger partial charge in [-0.1, -0.05) is 69.8 Å². The molecule has 0 aliphatic carbocycles. The molecule has 0 heterocycles. The Morgan fingerprint density at radius 3 is 1.86 bits per heavy atom. The van der Waals surface area contributed by atoms with Crippen molar-refractivity contribution in [3.63, 3.8) is 0 Å². The zero-order valence-corrected chi connectivity index (χ0v) is 13.8. The molecule has 0 radical (unpaired) electrons. The predicted molar refractivity (Wildman–Crippen MR) is 89.8 cm³/mol. The van der Waals surface area contributed by atoms with E-state index in [2.05, 4.69) is 6.92 Å². The van der Waals surface area contributed by atoms with Crippen molar-refractivity contribution in [3.05, 3.63) is 24.3 Å². The topological polar surface area (TPSA) is 77.8 Å². The van der Waals surface area contributed by atoms with Crippen LogP contribution in [0.15, 0.2) is 24.3 Å². The number of aliphatic carboxylic acids is 1. The molecule has 0 aliphatic heterocycles. The first-order chi connectivity index (χ1) is 10.6. The van der Waals surface area contributed by atoms with E-state index in [1.165, 1.54) is 0 Å². The Kier molecular flexibility index (Phi) is 14.0. The molecule has 0 aromatic heterocycles. The van der Waals surface area contributed by atoms with Gasteiger partial charge in [0.05, 0.1) is 12.2 Å². The second kappa shape index (κ2) is 14.8. The Bertz CT molecular complexity index is 323. The van der Waals surface area contributed by atoms with Crippen LogP contribution in [0.1, 0.15) is 71.1 Å². The lowest BCUT2D eigenvalue weighted by Crippen LogP contribution is -2.02. The van der Waals surface area contributed by atoms with Gasteiger partial charge in [0.1, 0.15) is 0 Å². The molecule has 0 rings (SSSR count). The molecule has 4 nitrogen and oxygen atoms in total. The van der Waals surface area contributed by atoms with Crippen molar-refractivity contribution < 1.29 is 20.1 Å². The first-order valence-corrected chi connectivity index (χ1v) is 8.49. The molecule has 0 aromatic rings. The third-order valence-electron chi connectivity index (χ3n) is 3.52. The number of hydrogen-bond acceptors (Lipinski definition) is 3. The number of aliphatic hydroxyl groups is 2. The summed E-state index contributed by atoms with van der Waals surface area (Å²) in [6, 6.07) is 0. The van der Waals surface area contributed by atoms with Gasteiger partial charge in [-0.2, -0.15) is 0 Å². The molecule has 3 N–H and O–H groups in total. The van der Waals surface area contributed by atoms with Crippen molar-refractivity contribution in [2.24, 2.45) is 0 Å². The summed E-state index contributed by atoms with van der Waals surface area (Å²) in [4.78, 5) is 10.3. The van der Waals surface area contributed by atoms with Gasteiger partial charge >= 0.3 is 5.97 Å². The molecule has 0 saturated carbocycles. The van der Waals surface area contributed by atoms with Crippen molar-refractivity contribution in [1.82, 2.24) is 0 Å². The summed E-state index contributed by atoms with van der Waals surface area (Å²) in [5.74, 6) is -0.744. The van der Waals surface area contributed by atoms with E-state index in [1.807, 2.05) is 0 Å². The summed E-state index contributed by atoms with van der Waals surface area (Å²) in [7, 11) is 0. The van der Waals surface area contributed by atoms with Crippen molar-refractivity contribution in [3.8, 4) is 0 Å². The van der Waals surface area contributed by atoms with E-state index in [0.29, 0.717) is 12.8 Å². The van der Waals surface area contributed by atoms with Gasteiger partial charge in [-0.3, -0.25) is 4.79 Å². The van der Waals surface area contributed by atoms with Crippen LogP contribution in [0.5, 0.6) is 0 Å². The maximum Gasteiger partial charge on any atom is 0.303 e. The minimum atomic E-state index is -0.744. The minimum absolute atomic E-state index is 0.230. The summed E-state index contributed by atoms with van der Waals surface area (Å²) >= 11 is 0. The van der Waals surface area contributed by atoms with E-state index in [0.717, 1.165) is 44.9 Å². The summed E-state index contributed by atoms with van der Waals surface area (Å²) in [5.41, 5.74) is 0. The van der Waals surface area contributed by atoms with Crippen LogP contribution in [0.25, 0.3) is 0 Å². The Balaban J connectivity index is 3.60. The van der Waals surface area contributed by atoms with E-state index in [-0.39, 0.29) is 6.42 Å². The molecule has 22 heavy (non-hydrogen) atoms. The van der Waals surface area contributed by atoms with Crippen molar-refractivity contribution in [2.75, 3.05) is 0 Å². The fourth-order valence-electron chi connectivity index (χ4n) is 2.16. The SMILES string of the molecule is CCCCCC(O)C=CC=CC(O)CCCCCCC(=O)O. The minimum Gasteiger partial charge on any atom is -0.481 e. The van der Waals surface area contributed by atoms with E-state index in [4.69, 9.17) is 5.11 Å². The standard InChI is InChI=1S/C18H32O4/c1-2-3-6-11-16(19)13-9-10-14-17(20)12-7-4-5-8-15-18(21)22/h9-10,13-14,16-17,19-20H,2-8,11-12,15H2,1H3,(H,21,22). The Hall–Kier alpha value is -1.13. The van der Waals surface area contributed by atoms with E-state index in [9.17, 15) is 15.0 Å². The fraction of sp³-hybridized carbons (Fsp3) is 0.722. The summed E-state index contributed by atoms with van der Waals surface area (Å²) < 4.78 is 0. The van der Waals surface area contributed by atoms with Gasteiger partial charge in [-0.05, 0) is 19.3 Å². The van der Waals surface area contributed by atoms with Crippen LogP contribution in [-0.2, 0) is 4.79 Å². The van der Waals surface area contributed by atoms with E-state index < -0.39 is 18.2 Å². The van der Waals surface area contributed by atoms with Crippen LogP contribution in [-0.4, -0.2) is 33.5 Å². The van der Waals surface area contributed by atoms with Crippen LogP contribution in [0.2, 0.25) is 0 Å². The predicted octanol–water partition coefficient (Wildman–Crippen LogP) is 3.83. The number of allylic oxidation sites excluding steroid dienone is 2. The lowest BCUT2D eigenvalue weighted by atomic mass is 10.1. The Morgan fingerprint density at radius 2 is 1.36 bits per heavy atom. The molecular weight excluding hydrogens is 280 g/mol. The maximum absolute atomic E-state index is 10.3. The zero-order chi connectivity index (χ0) is 16.6. The molecule has 0 aromatic carbocycles. The van der Waals surface area contributed by atoms with Gasteiger partial charge in [0.15, 0.2) is 0 Å². The fourth-order valence-corrected chi connectivity index (χ4v) is 2.16. The number of carboxylic acid groups (broad SMARTS) is 1. The summed E-state index contributed by atoms with van der Waals surface area (Å²) in [5, 5.41) is 27.9. The normalized spacial score (nSPS) is 14.7. The molecule has 2 atom stereocenters. The van der Waals surface area contributed by atoms with E-state index in [1.54, 1.807) is 24.3 Å². The van der Waals surface area contributed by atoms with Crippen molar-refractivity contribution >= 4 is 5.97 Å². The van der Waals surface area contributed by atoms with Gasteiger partial charge in [-0.15, -0.1) is 0 Å². The molecule has 0 aliphatic rings. The van der Waals surface area contributed by atoms with Crippen molar-refractivity contribution in [1.29, 1.82) is 0 Å². The number of carboxylic acids is 1.